The Balaban J connectivity index is 1.41. The predicted octanol–water partition coefficient (Wildman–Crippen LogP) is 3.29. The van der Waals surface area contributed by atoms with E-state index in [1.54, 1.807) is 18.2 Å². The number of amides is 2. The first-order valence-electron chi connectivity index (χ1n) is 11.6. The molecule has 2 heterocycles. The Labute approximate surface area is 224 Å². The monoisotopic (exact) mass is 555 g/mol. The number of nitrogens with zero attached hydrogens (tertiary/aromatic N) is 5. The first-order chi connectivity index (χ1) is 18.7. The van der Waals surface area contributed by atoms with Crippen molar-refractivity contribution < 1.29 is 23.1 Å². The third kappa shape index (κ3) is 5.48. The number of hydrogen-bond acceptors (Lipinski definition) is 7. The zero-order valence-corrected chi connectivity index (χ0v) is 21.0. The molecule has 0 aliphatic heterocycles. The molecule has 2 N–H and O–H groups in total. The van der Waals surface area contributed by atoms with Gasteiger partial charge in [-0.05, 0) is 59.7 Å². The number of rotatable bonds is 8. The van der Waals surface area contributed by atoms with E-state index < -0.39 is 29.5 Å². The number of hydrogen-bond donors (Lipinski definition) is 2. The number of aromatic nitrogens is 5. The molecule has 0 bridgehead atoms. The lowest BCUT2D eigenvalue weighted by Crippen LogP contribution is -2.30. The summed E-state index contributed by atoms with van der Waals surface area (Å²) in [6, 6.07) is 9.27. The third-order valence-electron chi connectivity index (χ3n) is 5.96. The molecule has 2 aromatic carbocycles. The van der Waals surface area contributed by atoms with Crippen LogP contribution < -0.4 is 20.9 Å². The van der Waals surface area contributed by atoms with Gasteiger partial charge in [-0.15, -0.1) is 5.10 Å². The highest BCUT2D eigenvalue weighted by Gasteiger charge is 2.26. The van der Waals surface area contributed by atoms with Gasteiger partial charge in [0.2, 0.25) is 0 Å². The molecule has 200 valence electrons. The summed E-state index contributed by atoms with van der Waals surface area (Å²) < 4.78 is 37.0. The lowest BCUT2D eigenvalue weighted by atomic mass is 10.0. The molecule has 5 rings (SSSR count). The normalized spacial score (nSPS) is 13.5. The number of benzene rings is 2. The van der Waals surface area contributed by atoms with Gasteiger partial charge in [0.1, 0.15) is 17.9 Å². The minimum absolute atomic E-state index is 0.0373. The molecule has 1 fully saturated rings. The van der Waals surface area contributed by atoms with Crippen molar-refractivity contribution in [3.8, 4) is 22.6 Å². The molecule has 0 spiro atoms. The van der Waals surface area contributed by atoms with E-state index in [1.165, 1.54) is 30.3 Å². The van der Waals surface area contributed by atoms with Crippen LogP contribution in [-0.2, 0) is 4.79 Å². The number of pyridine rings is 1. The predicted molar refractivity (Wildman–Crippen MR) is 136 cm³/mol. The number of tetrazole rings is 1. The van der Waals surface area contributed by atoms with E-state index in [4.69, 9.17) is 16.3 Å². The Morgan fingerprint density at radius 2 is 1.95 bits per heavy atom. The van der Waals surface area contributed by atoms with Gasteiger partial charge in [-0.25, -0.2) is 8.78 Å². The lowest BCUT2D eigenvalue weighted by molar-refractivity contribution is -0.123. The molecule has 2 amide bonds. The number of methoxy groups -OCH3 is 1. The molecule has 1 saturated carbocycles. The van der Waals surface area contributed by atoms with Crippen LogP contribution in [0.5, 0.6) is 5.75 Å². The Hall–Kier alpha value is -4.65. The molecule has 1 atom stereocenters. The van der Waals surface area contributed by atoms with Crippen molar-refractivity contribution in [2.45, 2.75) is 25.2 Å². The van der Waals surface area contributed by atoms with Crippen LogP contribution in [0.1, 0.15) is 29.5 Å². The maximum absolute atomic E-state index is 15.2. The van der Waals surface area contributed by atoms with Crippen molar-refractivity contribution in [1.82, 2.24) is 30.1 Å². The number of halogens is 3. The molecule has 4 aromatic rings. The second-order valence-corrected chi connectivity index (χ2v) is 9.12. The van der Waals surface area contributed by atoms with E-state index >= 15 is 4.39 Å². The van der Waals surface area contributed by atoms with Gasteiger partial charge in [0.05, 0.1) is 24.6 Å². The van der Waals surface area contributed by atoms with E-state index in [2.05, 4.69) is 26.2 Å². The fourth-order valence-electron chi connectivity index (χ4n) is 3.87. The van der Waals surface area contributed by atoms with Crippen LogP contribution in [0.3, 0.4) is 0 Å². The number of carbonyl (C=O) groups excluding carboxylic acids is 2. The molecule has 2 aromatic heterocycles. The maximum Gasteiger partial charge on any atom is 0.280 e. The van der Waals surface area contributed by atoms with Crippen molar-refractivity contribution in [2.24, 2.45) is 0 Å². The summed E-state index contributed by atoms with van der Waals surface area (Å²) in [6.07, 6.45) is 1.57. The van der Waals surface area contributed by atoms with Gasteiger partial charge in [0, 0.05) is 33.9 Å². The summed E-state index contributed by atoms with van der Waals surface area (Å²) in [4.78, 5) is 37.7. The third-order valence-corrected chi connectivity index (χ3v) is 6.20. The quantitative estimate of drug-likeness (QED) is 0.341. The maximum atomic E-state index is 15.2. The average Bonchev–Trinajstić information content (AvgIpc) is 3.56. The van der Waals surface area contributed by atoms with Crippen molar-refractivity contribution >= 4 is 29.1 Å². The van der Waals surface area contributed by atoms with Gasteiger partial charge in [0.15, 0.2) is 0 Å². The number of alkyl halides is 1. The summed E-state index contributed by atoms with van der Waals surface area (Å²) >= 11 is 6.18. The summed E-state index contributed by atoms with van der Waals surface area (Å²) in [5.74, 6) is -2.64. The van der Waals surface area contributed by atoms with E-state index in [-0.39, 0.29) is 28.6 Å². The Kier molecular flexibility index (Phi) is 7.07. The van der Waals surface area contributed by atoms with Gasteiger partial charge >= 0.3 is 0 Å². The van der Waals surface area contributed by atoms with Gasteiger partial charge in [-0.3, -0.25) is 19.0 Å². The highest BCUT2D eigenvalue weighted by molar-refractivity contribution is 6.31. The van der Waals surface area contributed by atoms with Crippen LogP contribution in [0.4, 0.5) is 14.5 Å². The lowest BCUT2D eigenvalue weighted by Gasteiger charge is -2.17. The first kappa shape index (κ1) is 26.0. The van der Waals surface area contributed by atoms with Gasteiger partial charge < -0.3 is 15.4 Å². The van der Waals surface area contributed by atoms with Gasteiger partial charge in [-0.1, -0.05) is 11.6 Å². The van der Waals surface area contributed by atoms with Crippen LogP contribution in [0, 0.1) is 5.82 Å². The highest BCUT2D eigenvalue weighted by Crippen LogP contribution is 2.35. The standard InChI is InChI=1S/C25H20ClF2N7O4/c1-39-21-11-34(22(36)10-18(21)17-8-13(26)2-7-20(17)35-12-29-32-33-35)23(28)25(38)31-15-5-6-16(19(27)9-15)24(37)30-14-3-4-14/h2,5-12,14,23H,3-4H2,1H3,(H,30,37)(H,31,38). The fraction of sp³-hybridized carbons (Fsp3) is 0.200. The van der Waals surface area contributed by atoms with Crippen LogP contribution in [0.15, 0.2) is 59.8 Å². The summed E-state index contributed by atoms with van der Waals surface area (Å²) in [5, 5.41) is 16.3. The van der Waals surface area contributed by atoms with Crippen LogP contribution >= 0.6 is 11.6 Å². The number of carbonyl (C=O) groups is 2. The number of ether oxygens (including phenoxy) is 1. The SMILES string of the molecule is COc1cn(C(F)C(=O)Nc2ccc(C(=O)NC3CC3)c(F)c2)c(=O)cc1-c1cc(Cl)ccc1-n1cnnn1. The van der Waals surface area contributed by atoms with Crippen LogP contribution in [0.2, 0.25) is 5.02 Å². The molecule has 39 heavy (non-hydrogen) atoms. The number of nitrogens with one attached hydrogen (secondary N) is 2. The Bertz CT molecular complexity index is 1620. The van der Waals surface area contributed by atoms with Gasteiger partial charge in [0.25, 0.3) is 23.7 Å². The number of anilines is 1. The average molecular weight is 556 g/mol. The topological polar surface area (TPSA) is 133 Å². The van der Waals surface area contributed by atoms with Gasteiger partial charge in [-0.2, -0.15) is 4.68 Å². The fourth-order valence-corrected chi connectivity index (χ4v) is 4.04. The van der Waals surface area contributed by atoms with Crippen molar-refractivity contribution in [3.63, 3.8) is 0 Å². The molecule has 1 aliphatic carbocycles. The summed E-state index contributed by atoms with van der Waals surface area (Å²) in [5.41, 5.74) is -0.0290. The molecule has 0 saturated heterocycles. The van der Waals surface area contributed by atoms with E-state index in [9.17, 15) is 18.8 Å². The smallest absolute Gasteiger partial charge is 0.280 e. The Morgan fingerprint density at radius 3 is 2.62 bits per heavy atom. The van der Waals surface area contributed by atoms with E-state index in [0.29, 0.717) is 20.8 Å². The minimum atomic E-state index is -2.49. The largest absolute Gasteiger partial charge is 0.495 e. The van der Waals surface area contributed by atoms with Crippen molar-refractivity contribution in [1.29, 1.82) is 0 Å². The summed E-state index contributed by atoms with van der Waals surface area (Å²) in [6.45, 7) is 0. The second-order valence-electron chi connectivity index (χ2n) is 8.68. The van der Waals surface area contributed by atoms with E-state index in [1.807, 2.05) is 0 Å². The zero-order valence-electron chi connectivity index (χ0n) is 20.3. The molecule has 1 aliphatic rings. The zero-order chi connectivity index (χ0) is 27.7. The second kappa shape index (κ2) is 10.6. The first-order valence-corrected chi connectivity index (χ1v) is 12.0. The molecule has 14 heteroatoms. The molecular weight excluding hydrogens is 536 g/mol. The van der Waals surface area contributed by atoms with E-state index in [0.717, 1.165) is 31.2 Å². The molecule has 0 radical (unpaired) electrons. The minimum Gasteiger partial charge on any atom is -0.495 e. The van der Waals surface area contributed by atoms with Crippen molar-refractivity contribution in [2.75, 3.05) is 12.4 Å². The van der Waals surface area contributed by atoms with Crippen LogP contribution in [0.25, 0.3) is 16.8 Å². The Morgan fingerprint density at radius 1 is 1.15 bits per heavy atom. The summed E-state index contributed by atoms with van der Waals surface area (Å²) in [7, 11) is 1.31. The molecular formula is C25H20ClF2N7O4. The van der Waals surface area contributed by atoms with Crippen molar-refractivity contribution in [3.05, 3.63) is 81.7 Å². The molecule has 1 unspecified atom stereocenters. The molecule has 11 nitrogen and oxygen atoms in total. The van der Waals surface area contributed by atoms with Crippen LogP contribution in [-0.4, -0.2) is 49.7 Å². The highest BCUT2D eigenvalue weighted by atomic mass is 35.5.